The van der Waals surface area contributed by atoms with Crippen LogP contribution in [0.25, 0.3) is 0 Å². The fourth-order valence-electron chi connectivity index (χ4n) is 2.35. The third-order valence-electron chi connectivity index (χ3n) is 3.55. The highest BCUT2D eigenvalue weighted by Gasteiger charge is 2.42. The van der Waals surface area contributed by atoms with Gasteiger partial charge in [-0.1, -0.05) is 30.3 Å². The van der Waals surface area contributed by atoms with Crippen molar-refractivity contribution in [3.05, 3.63) is 35.9 Å². The molecule has 8 heteroatoms. The lowest BCUT2D eigenvalue weighted by Gasteiger charge is -2.41. The number of rotatable bonds is 4. The van der Waals surface area contributed by atoms with Gasteiger partial charge in [-0.25, -0.2) is 4.79 Å². The molecule has 1 saturated heterocycles. The molecule has 2 N–H and O–H groups in total. The molecule has 0 unspecified atom stereocenters. The van der Waals surface area contributed by atoms with Crippen LogP contribution in [-0.2, 0) is 16.1 Å². The lowest BCUT2D eigenvalue weighted by Crippen LogP contribution is -2.60. The van der Waals surface area contributed by atoms with Crippen LogP contribution in [0, 0.1) is 0 Å². The quantitative estimate of drug-likeness (QED) is 0.540. The normalized spacial score (nSPS) is 24.1. The van der Waals surface area contributed by atoms with Gasteiger partial charge >= 0.3 is 6.09 Å². The Morgan fingerprint density at radius 2 is 2.13 bits per heavy atom. The van der Waals surface area contributed by atoms with Crippen molar-refractivity contribution >= 4 is 46.2 Å². The zero-order chi connectivity index (χ0) is 16.9. The Kier molecular flexibility index (Phi) is 6.49. The molecule has 2 amide bonds. The van der Waals surface area contributed by atoms with Gasteiger partial charge in [-0.3, -0.25) is 4.79 Å². The van der Waals surface area contributed by atoms with Gasteiger partial charge in [0.05, 0.1) is 12.6 Å². The average molecular weight is 453 g/mol. The first-order chi connectivity index (χ1) is 10.9. The second kappa shape index (κ2) is 8.16. The van der Waals surface area contributed by atoms with Gasteiger partial charge < -0.3 is 20.1 Å². The molecule has 0 bridgehead atoms. The fraction of sp³-hybridized carbons (Fsp3) is 0.467. The van der Waals surface area contributed by atoms with E-state index in [4.69, 9.17) is 16.3 Å². The van der Waals surface area contributed by atoms with E-state index in [1.165, 1.54) is 4.90 Å². The van der Waals surface area contributed by atoms with Crippen LogP contribution >= 0.6 is 34.2 Å². The summed E-state index contributed by atoms with van der Waals surface area (Å²) in [7, 11) is 0. The number of piperidine rings is 1. The number of benzene rings is 1. The molecule has 126 valence electrons. The molecule has 0 spiro atoms. The van der Waals surface area contributed by atoms with Crippen molar-refractivity contribution in [2.24, 2.45) is 0 Å². The molecule has 1 aromatic rings. The SMILES string of the molecule is O=C(CCl)N[C@@H]1CCN(C(=O)OCc2ccccc2)C[C@]1(O)I. The predicted octanol–water partition coefficient (Wildman–Crippen LogP) is 1.88. The van der Waals surface area contributed by atoms with Gasteiger partial charge in [-0.05, 0) is 34.6 Å². The molecule has 0 radical (unpaired) electrons. The number of nitrogens with zero attached hydrogens (tertiary/aromatic N) is 1. The van der Waals surface area contributed by atoms with Crippen LogP contribution in [0.1, 0.15) is 12.0 Å². The third-order valence-corrected chi connectivity index (χ3v) is 4.89. The Hall–Kier alpha value is -1.06. The standard InChI is InChI=1S/C15H18ClIN2O4/c16-8-13(20)18-12-6-7-19(10-15(12,17)22)14(21)23-9-11-4-2-1-3-5-11/h1-5,12,22H,6-10H2,(H,18,20)/t12-,15-/m1/s1. The van der Waals surface area contributed by atoms with E-state index >= 15 is 0 Å². The second-order valence-electron chi connectivity index (χ2n) is 5.32. The van der Waals surface area contributed by atoms with Gasteiger partial charge in [-0.2, -0.15) is 0 Å². The molecular weight excluding hydrogens is 435 g/mol. The number of β-amino-alcohol motifs (C(OH)–C–C–N with tert-alkyl or cyclic N) is 1. The van der Waals surface area contributed by atoms with Gasteiger partial charge in [-0.15, -0.1) is 11.6 Å². The van der Waals surface area contributed by atoms with Crippen molar-refractivity contribution in [2.45, 2.75) is 22.7 Å². The maximum atomic E-state index is 12.1. The molecule has 0 saturated carbocycles. The zero-order valence-corrected chi connectivity index (χ0v) is 15.3. The Morgan fingerprint density at radius 1 is 1.43 bits per heavy atom. The largest absolute Gasteiger partial charge is 0.445 e. The zero-order valence-electron chi connectivity index (χ0n) is 12.4. The number of ether oxygens (including phenoxy) is 1. The van der Waals surface area contributed by atoms with Crippen LogP contribution in [0.3, 0.4) is 0 Å². The molecule has 1 aliphatic rings. The van der Waals surface area contributed by atoms with Gasteiger partial charge in [0, 0.05) is 6.54 Å². The van der Waals surface area contributed by atoms with Crippen LogP contribution in [0.4, 0.5) is 4.79 Å². The number of likely N-dealkylation sites (tertiary alicyclic amines) is 1. The minimum absolute atomic E-state index is 0.0778. The highest BCUT2D eigenvalue weighted by Crippen LogP contribution is 2.28. The number of aliphatic hydroxyl groups is 1. The Bertz CT molecular complexity index is 556. The van der Waals surface area contributed by atoms with E-state index in [0.29, 0.717) is 13.0 Å². The first-order valence-corrected chi connectivity index (χ1v) is 8.76. The summed E-state index contributed by atoms with van der Waals surface area (Å²) >= 11 is 7.30. The number of hydrogen-bond donors (Lipinski definition) is 2. The van der Waals surface area contributed by atoms with E-state index < -0.39 is 15.7 Å². The van der Waals surface area contributed by atoms with Crippen LogP contribution < -0.4 is 5.32 Å². The maximum Gasteiger partial charge on any atom is 0.410 e. The number of halogens is 2. The summed E-state index contributed by atoms with van der Waals surface area (Å²) in [6.45, 7) is 0.656. The summed E-state index contributed by atoms with van der Waals surface area (Å²) in [4.78, 5) is 24.9. The highest BCUT2D eigenvalue weighted by atomic mass is 127. The molecule has 2 atom stereocenters. The van der Waals surface area contributed by atoms with Crippen molar-refractivity contribution in [3.63, 3.8) is 0 Å². The monoisotopic (exact) mass is 452 g/mol. The molecule has 0 aromatic heterocycles. The molecule has 23 heavy (non-hydrogen) atoms. The molecule has 6 nitrogen and oxygen atoms in total. The Balaban J connectivity index is 1.88. The van der Waals surface area contributed by atoms with Crippen LogP contribution in [0.15, 0.2) is 30.3 Å². The molecule has 1 heterocycles. The lowest BCUT2D eigenvalue weighted by molar-refractivity contribution is -0.121. The van der Waals surface area contributed by atoms with Crippen molar-refractivity contribution in [1.82, 2.24) is 10.2 Å². The summed E-state index contributed by atoms with van der Waals surface area (Å²) in [6, 6.07) is 8.93. The average Bonchev–Trinajstić information content (AvgIpc) is 2.55. The molecular formula is C15H18ClIN2O4. The van der Waals surface area contributed by atoms with Gasteiger partial charge in [0.25, 0.3) is 0 Å². The van der Waals surface area contributed by atoms with E-state index in [0.717, 1.165) is 5.56 Å². The second-order valence-corrected chi connectivity index (χ2v) is 7.46. The van der Waals surface area contributed by atoms with Crippen molar-refractivity contribution in [2.75, 3.05) is 19.0 Å². The number of amides is 2. The van der Waals surface area contributed by atoms with Crippen molar-refractivity contribution in [3.8, 4) is 0 Å². The van der Waals surface area contributed by atoms with E-state index in [-0.39, 0.29) is 24.9 Å². The van der Waals surface area contributed by atoms with Crippen molar-refractivity contribution < 1.29 is 19.4 Å². The minimum Gasteiger partial charge on any atom is -0.445 e. The number of carbonyl (C=O) groups is 2. The molecule has 0 aliphatic carbocycles. The Morgan fingerprint density at radius 3 is 2.74 bits per heavy atom. The van der Waals surface area contributed by atoms with Crippen LogP contribution in [-0.4, -0.2) is 50.6 Å². The topological polar surface area (TPSA) is 78.9 Å². The first kappa shape index (κ1) is 18.3. The highest BCUT2D eigenvalue weighted by molar-refractivity contribution is 14.1. The number of alkyl halides is 2. The summed E-state index contributed by atoms with van der Waals surface area (Å²) in [5.41, 5.74) is 0.898. The number of carbonyl (C=O) groups excluding carboxylic acids is 2. The van der Waals surface area contributed by atoms with E-state index in [1.54, 1.807) is 0 Å². The summed E-state index contributed by atoms with van der Waals surface area (Å²) in [5.74, 6) is -0.502. The number of nitrogens with one attached hydrogen (secondary N) is 1. The van der Waals surface area contributed by atoms with E-state index in [9.17, 15) is 14.7 Å². The molecule has 1 aliphatic heterocycles. The molecule has 1 fully saturated rings. The Labute approximate surface area is 153 Å². The predicted molar refractivity (Wildman–Crippen MR) is 94.4 cm³/mol. The summed E-state index contributed by atoms with van der Waals surface area (Å²) in [5, 5.41) is 13.1. The first-order valence-electron chi connectivity index (χ1n) is 7.14. The van der Waals surface area contributed by atoms with Gasteiger partial charge in [0.2, 0.25) is 5.91 Å². The lowest BCUT2D eigenvalue weighted by atomic mass is 10.0. The smallest absolute Gasteiger partial charge is 0.410 e. The van der Waals surface area contributed by atoms with E-state index in [1.807, 2.05) is 52.9 Å². The van der Waals surface area contributed by atoms with Gasteiger partial charge in [0.1, 0.15) is 12.5 Å². The maximum absolute atomic E-state index is 12.1. The minimum atomic E-state index is -1.26. The van der Waals surface area contributed by atoms with Crippen LogP contribution in [0.5, 0.6) is 0 Å². The van der Waals surface area contributed by atoms with E-state index in [2.05, 4.69) is 5.32 Å². The molecule has 2 rings (SSSR count). The number of hydrogen-bond acceptors (Lipinski definition) is 4. The van der Waals surface area contributed by atoms with Crippen LogP contribution in [0.2, 0.25) is 0 Å². The van der Waals surface area contributed by atoms with Gasteiger partial charge in [0.15, 0.2) is 3.61 Å². The van der Waals surface area contributed by atoms with Crippen molar-refractivity contribution in [1.29, 1.82) is 0 Å². The summed E-state index contributed by atoms with van der Waals surface area (Å²) in [6.07, 6.45) is -0.0475. The third kappa shape index (κ3) is 5.22. The molecule has 1 aromatic carbocycles. The fourth-order valence-corrected chi connectivity index (χ4v) is 3.30. The summed E-state index contributed by atoms with van der Waals surface area (Å²) < 4.78 is 4.00.